The van der Waals surface area contributed by atoms with E-state index in [2.05, 4.69) is 17.6 Å². The fraction of sp³-hybridized carbons (Fsp3) is 0.923. The monoisotopic (exact) mass is 239 g/mol. The molecule has 0 aromatic heterocycles. The molecule has 4 heteroatoms. The van der Waals surface area contributed by atoms with E-state index >= 15 is 0 Å². The Bertz CT molecular complexity index is 257. The molecule has 0 radical (unpaired) electrons. The Labute approximate surface area is 104 Å². The molecule has 1 saturated heterocycles. The van der Waals surface area contributed by atoms with Gasteiger partial charge in [-0.2, -0.15) is 0 Å². The maximum atomic E-state index is 11.4. The zero-order chi connectivity index (χ0) is 12.1. The second-order valence-corrected chi connectivity index (χ2v) is 5.39. The highest BCUT2D eigenvalue weighted by molar-refractivity contribution is 5.76. The predicted octanol–water partition coefficient (Wildman–Crippen LogP) is 1.57. The number of urea groups is 1. The minimum absolute atomic E-state index is 0.0979. The van der Waals surface area contributed by atoms with Crippen LogP contribution in [-0.4, -0.2) is 43.2 Å². The summed E-state index contributed by atoms with van der Waals surface area (Å²) in [5.74, 6) is 0.782. The van der Waals surface area contributed by atoms with Crippen LogP contribution in [0.4, 0.5) is 4.79 Å². The summed E-state index contributed by atoms with van der Waals surface area (Å²) in [6, 6.07) is 0.754. The third-order valence-electron chi connectivity index (χ3n) is 4.09. The van der Waals surface area contributed by atoms with Gasteiger partial charge in [-0.05, 0) is 18.8 Å². The summed E-state index contributed by atoms with van der Waals surface area (Å²) in [6.07, 6.45) is 6.77. The number of amides is 2. The highest BCUT2D eigenvalue weighted by atomic mass is 16.2. The van der Waals surface area contributed by atoms with Crippen LogP contribution in [0.2, 0.25) is 0 Å². The first-order valence-electron chi connectivity index (χ1n) is 7.03. The lowest BCUT2D eigenvalue weighted by Gasteiger charge is -2.24. The molecule has 1 aliphatic heterocycles. The second kappa shape index (κ2) is 6.24. The smallest absolute Gasteiger partial charge is 0.317 e. The summed E-state index contributed by atoms with van der Waals surface area (Å²) >= 11 is 0. The molecular formula is C13H25N3O. The summed E-state index contributed by atoms with van der Waals surface area (Å²) in [5.41, 5.74) is 0. The van der Waals surface area contributed by atoms with Crippen LogP contribution in [0.25, 0.3) is 0 Å². The Kier molecular flexibility index (Phi) is 4.66. The van der Waals surface area contributed by atoms with Crippen LogP contribution in [0.15, 0.2) is 0 Å². The van der Waals surface area contributed by atoms with Gasteiger partial charge in [0.15, 0.2) is 0 Å². The molecule has 1 saturated carbocycles. The largest absolute Gasteiger partial charge is 0.336 e. The molecule has 2 fully saturated rings. The lowest BCUT2D eigenvalue weighted by molar-refractivity contribution is 0.215. The Morgan fingerprint density at radius 1 is 1.35 bits per heavy atom. The molecule has 0 spiro atoms. The summed E-state index contributed by atoms with van der Waals surface area (Å²) in [5, 5.41) is 6.47. The molecule has 2 N–H and O–H groups in total. The summed E-state index contributed by atoms with van der Waals surface area (Å²) in [6.45, 7) is 5.79. The molecule has 0 aromatic rings. The van der Waals surface area contributed by atoms with Crippen molar-refractivity contribution in [3.05, 3.63) is 0 Å². The highest BCUT2D eigenvalue weighted by Crippen LogP contribution is 2.22. The normalized spacial score (nSPS) is 30.2. The molecule has 2 rings (SSSR count). The van der Waals surface area contributed by atoms with Gasteiger partial charge in [0.25, 0.3) is 0 Å². The van der Waals surface area contributed by atoms with Crippen LogP contribution in [0.5, 0.6) is 0 Å². The first-order valence-corrected chi connectivity index (χ1v) is 7.03. The van der Waals surface area contributed by atoms with Gasteiger partial charge in [0.1, 0.15) is 0 Å². The predicted molar refractivity (Wildman–Crippen MR) is 69.0 cm³/mol. The Morgan fingerprint density at radius 2 is 2.18 bits per heavy atom. The fourth-order valence-electron chi connectivity index (χ4n) is 2.91. The number of nitrogens with one attached hydrogen (secondary N) is 2. The van der Waals surface area contributed by atoms with Crippen LogP contribution < -0.4 is 10.6 Å². The Hall–Kier alpha value is -0.770. The molecule has 2 atom stereocenters. The average Bonchev–Trinajstić information content (AvgIpc) is 2.60. The number of nitrogens with zero attached hydrogens (tertiary/aromatic N) is 1. The number of carbonyl (C=O) groups excluding carboxylic acids is 1. The highest BCUT2D eigenvalue weighted by Gasteiger charge is 2.21. The minimum Gasteiger partial charge on any atom is -0.336 e. The van der Waals surface area contributed by atoms with Gasteiger partial charge in [-0.15, -0.1) is 0 Å². The van der Waals surface area contributed by atoms with E-state index in [0.29, 0.717) is 6.04 Å². The van der Waals surface area contributed by atoms with Crippen molar-refractivity contribution in [1.82, 2.24) is 15.5 Å². The van der Waals surface area contributed by atoms with Crippen molar-refractivity contribution in [3.63, 3.8) is 0 Å². The van der Waals surface area contributed by atoms with E-state index in [9.17, 15) is 4.79 Å². The quantitative estimate of drug-likeness (QED) is 0.731. The topological polar surface area (TPSA) is 44.4 Å². The van der Waals surface area contributed by atoms with Crippen LogP contribution in [0, 0.1) is 5.92 Å². The lowest BCUT2D eigenvalue weighted by Crippen LogP contribution is -2.40. The molecule has 4 nitrogen and oxygen atoms in total. The molecular weight excluding hydrogens is 214 g/mol. The van der Waals surface area contributed by atoms with E-state index in [4.69, 9.17) is 0 Å². The van der Waals surface area contributed by atoms with E-state index in [-0.39, 0.29) is 6.03 Å². The van der Waals surface area contributed by atoms with Crippen LogP contribution in [0.1, 0.15) is 39.0 Å². The maximum Gasteiger partial charge on any atom is 0.317 e. The molecule has 0 aromatic carbocycles. The molecule has 1 heterocycles. The van der Waals surface area contributed by atoms with Gasteiger partial charge in [-0.1, -0.05) is 26.2 Å². The van der Waals surface area contributed by atoms with Crippen molar-refractivity contribution < 1.29 is 4.79 Å². The number of rotatable bonds is 4. The van der Waals surface area contributed by atoms with Gasteiger partial charge in [-0.25, -0.2) is 4.79 Å². The van der Waals surface area contributed by atoms with E-state index in [1.54, 1.807) is 0 Å². The zero-order valence-electron chi connectivity index (χ0n) is 10.9. The van der Waals surface area contributed by atoms with E-state index in [0.717, 1.165) is 32.1 Å². The third-order valence-corrected chi connectivity index (χ3v) is 4.09. The number of hydrogen-bond donors (Lipinski definition) is 2. The Morgan fingerprint density at radius 3 is 2.94 bits per heavy atom. The van der Waals surface area contributed by atoms with Crippen LogP contribution >= 0.6 is 0 Å². The van der Waals surface area contributed by atoms with Crippen molar-refractivity contribution >= 4 is 6.03 Å². The van der Waals surface area contributed by atoms with Crippen molar-refractivity contribution in [3.8, 4) is 0 Å². The number of hydrogen-bond acceptors (Lipinski definition) is 2. The maximum absolute atomic E-state index is 11.4. The van der Waals surface area contributed by atoms with Gasteiger partial charge in [0.2, 0.25) is 0 Å². The third kappa shape index (κ3) is 3.60. The standard InChI is InChI=1S/C13H25N3O/c1-11-5-3-2-4-6-12(11)14-7-9-16-10-8-15-13(16)17/h11-12,14H,2-10H2,1H3,(H,15,17). The molecule has 0 bridgehead atoms. The molecule has 2 unspecified atom stereocenters. The van der Waals surface area contributed by atoms with E-state index < -0.39 is 0 Å². The van der Waals surface area contributed by atoms with E-state index in [1.165, 1.54) is 32.1 Å². The SMILES string of the molecule is CC1CCCCCC1NCCN1CCNC1=O. The van der Waals surface area contributed by atoms with Crippen molar-refractivity contribution in [2.75, 3.05) is 26.2 Å². The summed E-state index contributed by atoms with van der Waals surface area (Å²) in [4.78, 5) is 13.3. The van der Waals surface area contributed by atoms with Crippen LogP contribution in [-0.2, 0) is 0 Å². The molecule has 2 aliphatic rings. The first-order chi connectivity index (χ1) is 8.27. The van der Waals surface area contributed by atoms with Gasteiger partial charge in [0.05, 0.1) is 0 Å². The van der Waals surface area contributed by atoms with Gasteiger partial charge in [0, 0.05) is 32.2 Å². The molecule has 1 aliphatic carbocycles. The fourth-order valence-corrected chi connectivity index (χ4v) is 2.91. The lowest BCUT2D eigenvalue weighted by atomic mass is 9.97. The van der Waals surface area contributed by atoms with Crippen molar-refractivity contribution in [2.24, 2.45) is 5.92 Å². The second-order valence-electron chi connectivity index (χ2n) is 5.39. The summed E-state index contributed by atoms with van der Waals surface area (Å²) in [7, 11) is 0. The van der Waals surface area contributed by atoms with E-state index in [1.807, 2.05) is 4.90 Å². The minimum atomic E-state index is 0.0979. The summed E-state index contributed by atoms with van der Waals surface area (Å²) < 4.78 is 0. The zero-order valence-corrected chi connectivity index (χ0v) is 10.9. The van der Waals surface area contributed by atoms with Gasteiger partial charge < -0.3 is 15.5 Å². The average molecular weight is 239 g/mol. The molecule has 17 heavy (non-hydrogen) atoms. The van der Waals surface area contributed by atoms with Crippen molar-refractivity contribution in [2.45, 2.75) is 45.1 Å². The number of carbonyl (C=O) groups is 1. The van der Waals surface area contributed by atoms with Gasteiger partial charge >= 0.3 is 6.03 Å². The molecule has 98 valence electrons. The molecule has 2 amide bonds. The Balaban J connectivity index is 1.68. The van der Waals surface area contributed by atoms with Crippen LogP contribution in [0.3, 0.4) is 0 Å². The van der Waals surface area contributed by atoms with Gasteiger partial charge in [-0.3, -0.25) is 0 Å². The first kappa shape index (κ1) is 12.7. The van der Waals surface area contributed by atoms with Crippen molar-refractivity contribution in [1.29, 1.82) is 0 Å².